The van der Waals surface area contributed by atoms with Gasteiger partial charge in [0.05, 0.1) is 11.5 Å². The van der Waals surface area contributed by atoms with E-state index in [0.29, 0.717) is 18.1 Å². The molecule has 112 valence electrons. The Balaban J connectivity index is 2.09. The van der Waals surface area contributed by atoms with E-state index in [9.17, 15) is 8.42 Å². The van der Waals surface area contributed by atoms with Crippen molar-refractivity contribution in [1.82, 2.24) is 0 Å². The van der Waals surface area contributed by atoms with Crippen molar-refractivity contribution in [2.24, 2.45) is 5.73 Å². The number of sulfone groups is 1. The predicted octanol–water partition coefficient (Wildman–Crippen LogP) is 1.85. The number of hydrogen-bond donors (Lipinski definition) is 1. The van der Waals surface area contributed by atoms with Gasteiger partial charge in [-0.2, -0.15) is 0 Å². The second-order valence-corrected chi connectivity index (χ2v) is 8.00. The first-order valence-corrected chi connectivity index (χ1v) is 9.10. The Hall–Kier alpha value is -0.780. The van der Waals surface area contributed by atoms with Gasteiger partial charge in [0.15, 0.2) is 9.84 Å². The molecule has 20 heavy (non-hydrogen) atoms. The predicted molar refractivity (Wildman–Crippen MR) is 84.3 cm³/mol. The van der Waals surface area contributed by atoms with E-state index in [-0.39, 0.29) is 17.5 Å². The molecule has 1 aromatic rings. The first-order valence-electron chi connectivity index (χ1n) is 6.90. The summed E-state index contributed by atoms with van der Waals surface area (Å²) in [5.74, 6) is 0.431. The molecule has 1 unspecified atom stereocenters. The molecule has 6 heteroatoms. The van der Waals surface area contributed by atoms with Crippen molar-refractivity contribution in [3.8, 4) is 0 Å². The molecule has 2 rings (SSSR count). The normalized spacial score (nSPS) is 19.9. The van der Waals surface area contributed by atoms with E-state index in [1.165, 1.54) is 0 Å². The minimum Gasteiger partial charge on any atom is -0.369 e. The average molecular weight is 317 g/mol. The van der Waals surface area contributed by atoms with Crippen molar-refractivity contribution in [2.75, 3.05) is 29.5 Å². The van der Waals surface area contributed by atoms with Crippen molar-refractivity contribution in [1.29, 1.82) is 0 Å². The molecule has 1 aliphatic rings. The zero-order valence-electron chi connectivity index (χ0n) is 11.7. The topological polar surface area (TPSA) is 63.4 Å². The molecule has 1 atom stereocenters. The third kappa shape index (κ3) is 3.87. The van der Waals surface area contributed by atoms with Crippen LogP contribution in [0, 0.1) is 0 Å². The highest BCUT2D eigenvalue weighted by Crippen LogP contribution is 2.26. The van der Waals surface area contributed by atoms with Crippen LogP contribution in [0.5, 0.6) is 0 Å². The molecule has 1 aromatic carbocycles. The van der Waals surface area contributed by atoms with Crippen LogP contribution in [0.15, 0.2) is 18.2 Å². The maximum Gasteiger partial charge on any atom is 0.153 e. The Morgan fingerprint density at radius 1 is 1.35 bits per heavy atom. The van der Waals surface area contributed by atoms with Crippen LogP contribution < -0.4 is 10.6 Å². The number of nitrogens with zero attached hydrogens (tertiary/aromatic N) is 1. The molecular weight excluding hydrogens is 296 g/mol. The zero-order chi connectivity index (χ0) is 14.8. The van der Waals surface area contributed by atoms with Crippen LogP contribution in [0.2, 0.25) is 5.02 Å². The van der Waals surface area contributed by atoms with E-state index >= 15 is 0 Å². The van der Waals surface area contributed by atoms with E-state index in [1.807, 2.05) is 18.2 Å². The van der Waals surface area contributed by atoms with Gasteiger partial charge in [-0.05, 0) is 30.5 Å². The molecule has 0 bridgehead atoms. The summed E-state index contributed by atoms with van der Waals surface area (Å²) in [4.78, 5) is 2.07. The van der Waals surface area contributed by atoms with Crippen LogP contribution >= 0.6 is 11.6 Å². The van der Waals surface area contributed by atoms with E-state index in [2.05, 4.69) is 11.8 Å². The lowest BCUT2D eigenvalue weighted by atomic mass is 10.0. The lowest BCUT2D eigenvalue weighted by Gasteiger charge is -2.29. The highest BCUT2D eigenvalue weighted by atomic mass is 35.5. The number of halogens is 1. The number of nitrogens with two attached hydrogens (primary N) is 1. The maximum absolute atomic E-state index is 11.4. The van der Waals surface area contributed by atoms with Gasteiger partial charge in [0.1, 0.15) is 0 Å². The van der Waals surface area contributed by atoms with Gasteiger partial charge in [-0.1, -0.05) is 24.6 Å². The van der Waals surface area contributed by atoms with Crippen molar-refractivity contribution < 1.29 is 8.42 Å². The molecule has 1 fully saturated rings. The van der Waals surface area contributed by atoms with Crippen molar-refractivity contribution in [2.45, 2.75) is 25.8 Å². The van der Waals surface area contributed by atoms with E-state index < -0.39 is 9.84 Å². The van der Waals surface area contributed by atoms with Crippen LogP contribution in [0.1, 0.15) is 18.9 Å². The minimum atomic E-state index is -2.85. The van der Waals surface area contributed by atoms with Gasteiger partial charge in [0.2, 0.25) is 0 Å². The van der Waals surface area contributed by atoms with Gasteiger partial charge >= 0.3 is 0 Å². The standard InChI is InChI=1S/C14H21ClN2O2S/c1-2-12(16)9-11-3-4-13(10-14(11)15)17-5-7-20(18,19)8-6-17/h3-4,10,12H,2,5-9,16H2,1H3. The summed E-state index contributed by atoms with van der Waals surface area (Å²) in [6.07, 6.45) is 1.69. The summed E-state index contributed by atoms with van der Waals surface area (Å²) in [6, 6.07) is 6.04. The minimum absolute atomic E-state index is 0.124. The summed E-state index contributed by atoms with van der Waals surface area (Å²) in [5, 5.41) is 0.708. The van der Waals surface area contributed by atoms with Crippen LogP contribution in [0.4, 0.5) is 5.69 Å². The van der Waals surface area contributed by atoms with Crippen LogP contribution in [0.3, 0.4) is 0 Å². The molecule has 0 aliphatic carbocycles. The van der Waals surface area contributed by atoms with Crippen molar-refractivity contribution in [3.63, 3.8) is 0 Å². The molecule has 4 nitrogen and oxygen atoms in total. The molecular formula is C14H21ClN2O2S. The first-order chi connectivity index (χ1) is 9.41. The van der Waals surface area contributed by atoms with Gasteiger partial charge in [-0.25, -0.2) is 8.42 Å². The SMILES string of the molecule is CCC(N)Cc1ccc(N2CCS(=O)(=O)CC2)cc1Cl. The van der Waals surface area contributed by atoms with Crippen LogP contribution in [-0.2, 0) is 16.3 Å². The smallest absolute Gasteiger partial charge is 0.153 e. The largest absolute Gasteiger partial charge is 0.369 e. The number of hydrogen-bond acceptors (Lipinski definition) is 4. The van der Waals surface area contributed by atoms with Gasteiger partial charge in [0.25, 0.3) is 0 Å². The fourth-order valence-electron chi connectivity index (χ4n) is 2.30. The molecule has 0 aromatic heterocycles. The Bertz CT molecular complexity index is 561. The Morgan fingerprint density at radius 3 is 2.55 bits per heavy atom. The summed E-state index contributed by atoms with van der Waals surface area (Å²) >= 11 is 6.31. The molecule has 1 heterocycles. The van der Waals surface area contributed by atoms with Crippen molar-refractivity contribution in [3.05, 3.63) is 28.8 Å². The fourth-order valence-corrected chi connectivity index (χ4v) is 3.75. The molecule has 0 amide bonds. The second-order valence-electron chi connectivity index (χ2n) is 5.29. The quantitative estimate of drug-likeness (QED) is 0.921. The van der Waals surface area contributed by atoms with E-state index in [1.54, 1.807) is 0 Å². The number of benzene rings is 1. The lowest BCUT2D eigenvalue weighted by Crippen LogP contribution is -2.40. The number of anilines is 1. The molecule has 2 N–H and O–H groups in total. The van der Waals surface area contributed by atoms with E-state index in [4.69, 9.17) is 17.3 Å². The highest BCUT2D eigenvalue weighted by Gasteiger charge is 2.22. The third-order valence-electron chi connectivity index (χ3n) is 3.75. The molecule has 0 spiro atoms. The third-order valence-corrected chi connectivity index (χ3v) is 5.71. The van der Waals surface area contributed by atoms with Gasteiger partial charge < -0.3 is 10.6 Å². The molecule has 0 saturated carbocycles. The monoisotopic (exact) mass is 316 g/mol. The van der Waals surface area contributed by atoms with Gasteiger partial charge in [-0.15, -0.1) is 0 Å². The van der Waals surface area contributed by atoms with Crippen molar-refractivity contribution >= 4 is 27.1 Å². The zero-order valence-corrected chi connectivity index (χ0v) is 13.3. The van der Waals surface area contributed by atoms with Gasteiger partial charge in [0, 0.05) is 29.8 Å². The molecule has 0 radical (unpaired) electrons. The molecule has 1 aliphatic heterocycles. The first kappa shape index (κ1) is 15.6. The lowest BCUT2D eigenvalue weighted by molar-refractivity contribution is 0.587. The summed E-state index contributed by atoms with van der Waals surface area (Å²) < 4.78 is 22.9. The average Bonchev–Trinajstić information content (AvgIpc) is 2.41. The summed E-state index contributed by atoms with van der Waals surface area (Å²) in [7, 11) is -2.85. The Kier molecular flexibility index (Phi) is 4.94. The molecule has 1 saturated heterocycles. The van der Waals surface area contributed by atoms with Crippen LogP contribution in [0.25, 0.3) is 0 Å². The Labute approximate surface area is 125 Å². The summed E-state index contributed by atoms with van der Waals surface area (Å²) in [5.41, 5.74) is 7.98. The van der Waals surface area contributed by atoms with E-state index in [0.717, 1.165) is 24.1 Å². The maximum atomic E-state index is 11.4. The van der Waals surface area contributed by atoms with Crippen LogP contribution in [-0.4, -0.2) is 39.1 Å². The fraction of sp³-hybridized carbons (Fsp3) is 0.571. The Morgan fingerprint density at radius 2 is 2.00 bits per heavy atom. The number of rotatable bonds is 4. The highest BCUT2D eigenvalue weighted by molar-refractivity contribution is 7.91. The van der Waals surface area contributed by atoms with Gasteiger partial charge in [-0.3, -0.25) is 0 Å². The second kappa shape index (κ2) is 6.33. The summed E-state index contributed by atoms with van der Waals surface area (Å²) in [6.45, 7) is 3.13.